The molecule has 0 heterocycles. The number of ketones is 1. The van der Waals surface area contributed by atoms with Gasteiger partial charge in [-0.15, -0.1) is 0 Å². The first-order chi connectivity index (χ1) is 7.22. The van der Waals surface area contributed by atoms with E-state index in [0.29, 0.717) is 5.78 Å². The average Bonchev–Trinajstić information content (AvgIpc) is 2.57. The van der Waals surface area contributed by atoms with Crippen LogP contribution in [0.1, 0.15) is 35.7 Å². The first-order valence-electron chi connectivity index (χ1n) is 5.51. The smallest absolute Gasteiger partial charge is 0.166 e. The van der Waals surface area contributed by atoms with E-state index in [0.717, 1.165) is 24.8 Å². The Kier molecular flexibility index (Phi) is 2.72. The summed E-state index contributed by atoms with van der Waals surface area (Å²) in [7, 11) is 0. The summed E-state index contributed by atoms with van der Waals surface area (Å²) in [4.78, 5) is 12.0. The van der Waals surface area contributed by atoms with Crippen LogP contribution >= 0.6 is 0 Å². The van der Waals surface area contributed by atoms with Gasteiger partial charge in [0.25, 0.3) is 0 Å². The predicted octanol–water partition coefficient (Wildman–Crippen LogP) is 3.40. The number of hydrogen-bond donors (Lipinski definition) is 0. The SMILES string of the molecule is C=C(CC)CC1Cc2ccccc2C1=O. The fraction of sp³-hybridized carbons (Fsp3) is 0.357. The highest BCUT2D eigenvalue weighted by molar-refractivity contribution is 6.02. The summed E-state index contributed by atoms with van der Waals surface area (Å²) in [5.74, 6) is 0.454. The van der Waals surface area contributed by atoms with Gasteiger partial charge in [0.2, 0.25) is 0 Å². The highest BCUT2D eigenvalue weighted by Gasteiger charge is 2.29. The monoisotopic (exact) mass is 200 g/mol. The number of allylic oxidation sites excluding steroid dienone is 1. The molecule has 0 amide bonds. The molecule has 15 heavy (non-hydrogen) atoms. The predicted molar refractivity (Wildman–Crippen MR) is 62.0 cm³/mol. The zero-order valence-corrected chi connectivity index (χ0v) is 9.12. The molecular weight excluding hydrogens is 184 g/mol. The van der Waals surface area contributed by atoms with E-state index in [2.05, 4.69) is 19.6 Å². The van der Waals surface area contributed by atoms with E-state index < -0.39 is 0 Å². The van der Waals surface area contributed by atoms with Crippen LogP contribution in [0.2, 0.25) is 0 Å². The van der Waals surface area contributed by atoms with E-state index in [1.807, 2.05) is 18.2 Å². The number of Topliss-reactive ketones (excluding diaryl/α,β-unsaturated/α-hetero) is 1. The highest BCUT2D eigenvalue weighted by Crippen LogP contribution is 2.30. The normalized spacial score (nSPS) is 19.0. The number of carbonyl (C=O) groups excluding carboxylic acids is 1. The van der Waals surface area contributed by atoms with Gasteiger partial charge in [0.05, 0.1) is 0 Å². The second kappa shape index (κ2) is 4.01. The van der Waals surface area contributed by atoms with Crippen LogP contribution in [0.25, 0.3) is 0 Å². The number of fused-ring (bicyclic) bond motifs is 1. The summed E-state index contributed by atoms with van der Waals surface area (Å²) >= 11 is 0. The molecule has 1 aliphatic carbocycles. The molecule has 1 heteroatoms. The van der Waals surface area contributed by atoms with Gasteiger partial charge in [0.1, 0.15) is 0 Å². The molecule has 1 aromatic rings. The Balaban J connectivity index is 2.17. The fourth-order valence-corrected chi connectivity index (χ4v) is 2.17. The lowest BCUT2D eigenvalue weighted by atomic mass is 9.95. The van der Waals surface area contributed by atoms with Gasteiger partial charge >= 0.3 is 0 Å². The molecule has 0 saturated carbocycles. The van der Waals surface area contributed by atoms with Crippen LogP contribution in [0.4, 0.5) is 0 Å². The van der Waals surface area contributed by atoms with Gasteiger partial charge in [-0.1, -0.05) is 43.3 Å². The Labute approximate surface area is 90.8 Å². The number of hydrogen-bond acceptors (Lipinski definition) is 1. The maximum absolute atomic E-state index is 12.0. The van der Waals surface area contributed by atoms with E-state index in [9.17, 15) is 4.79 Å². The molecule has 1 atom stereocenters. The average molecular weight is 200 g/mol. The molecule has 1 unspecified atom stereocenters. The van der Waals surface area contributed by atoms with Crippen molar-refractivity contribution in [3.8, 4) is 0 Å². The summed E-state index contributed by atoms with van der Waals surface area (Å²) in [6, 6.07) is 7.94. The van der Waals surface area contributed by atoms with E-state index in [-0.39, 0.29) is 5.92 Å². The Morgan fingerprint density at radius 1 is 1.47 bits per heavy atom. The van der Waals surface area contributed by atoms with Crippen LogP contribution < -0.4 is 0 Å². The topological polar surface area (TPSA) is 17.1 Å². The van der Waals surface area contributed by atoms with Crippen LogP contribution in [0.15, 0.2) is 36.4 Å². The summed E-state index contributed by atoms with van der Waals surface area (Å²) < 4.78 is 0. The summed E-state index contributed by atoms with van der Waals surface area (Å²) in [6.07, 6.45) is 2.72. The van der Waals surface area contributed by atoms with Crippen LogP contribution in [-0.4, -0.2) is 5.78 Å². The van der Waals surface area contributed by atoms with Gasteiger partial charge < -0.3 is 0 Å². The molecule has 2 rings (SSSR count). The van der Waals surface area contributed by atoms with Crippen LogP contribution in [-0.2, 0) is 6.42 Å². The first-order valence-corrected chi connectivity index (χ1v) is 5.51. The maximum Gasteiger partial charge on any atom is 0.166 e. The second-order valence-corrected chi connectivity index (χ2v) is 4.23. The Bertz CT molecular complexity index is 404. The van der Waals surface area contributed by atoms with Gasteiger partial charge in [-0.25, -0.2) is 0 Å². The van der Waals surface area contributed by atoms with Crippen LogP contribution in [0.3, 0.4) is 0 Å². The van der Waals surface area contributed by atoms with E-state index in [4.69, 9.17) is 0 Å². The standard InChI is InChI=1S/C14H16O/c1-3-10(2)8-12-9-11-6-4-5-7-13(11)14(12)15/h4-7,12H,2-3,8-9H2,1H3. The molecule has 1 aromatic carbocycles. The molecule has 0 bridgehead atoms. The number of rotatable bonds is 3. The van der Waals surface area contributed by atoms with Crippen molar-refractivity contribution in [1.29, 1.82) is 0 Å². The van der Waals surface area contributed by atoms with Crippen molar-refractivity contribution in [1.82, 2.24) is 0 Å². The van der Waals surface area contributed by atoms with Gasteiger partial charge in [0, 0.05) is 11.5 Å². The molecule has 78 valence electrons. The van der Waals surface area contributed by atoms with Gasteiger partial charge in [-0.05, 0) is 24.8 Å². The molecule has 0 spiro atoms. The zero-order chi connectivity index (χ0) is 10.8. The minimum absolute atomic E-state index is 0.148. The second-order valence-electron chi connectivity index (χ2n) is 4.23. The molecule has 0 aromatic heterocycles. The molecule has 0 N–H and O–H groups in total. The van der Waals surface area contributed by atoms with Crippen LogP contribution in [0.5, 0.6) is 0 Å². The maximum atomic E-state index is 12.0. The molecule has 1 aliphatic rings. The quantitative estimate of drug-likeness (QED) is 0.683. The zero-order valence-electron chi connectivity index (χ0n) is 9.12. The van der Waals surface area contributed by atoms with Gasteiger partial charge in [-0.3, -0.25) is 4.79 Å². The van der Waals surface area contributed by atoms with Gasteiger partial charge in [-0.2, -0.15) is 0 Å². The van der Waals surface area contributed by atoms with Crippen molar-refractivity contribution in [3.63, 3.8) is 0 Å². The summed E-state index contributed by atoms with van der Waals surface area (Å²) in [6.45, 7) is 6.07. The van der Waals surface area contributed by atoms with Gasteiger partial charge in [0.15, 0.2) is 5.78 Å². The van der Waals surface area contributed by atoms with Crippen molar-refractivity contribution >= 4 is 5.78 Å². The third kappa shape index (κ3) is 1.87. The third-order valence-corrected chi connectivity index (χ3v) is 3.16. The van der Waals surface area contributed by atoms with Crippen molar-refractivity contribution in [3.05, 3.63) is 47.5 Å². The van der Waals surface area contributed by atoms with E-state index in [1.165, 1.54) is 11.1 Å². The van der Waals surface area contributed by atoms with Crippen molar-refractivity contribution in [2.75, 3.05) is 0 Å². The molecule has 1 nitrogen and oxygen atoms in total. The fourth-order valence-electron chi connectivity index (χ4n) is 2.17. The molecule has 0 radical (unpaired) electrons. The minimum atomic E-state index is 0.148. The Morgan fingerprint density at radius 2 is 2.20 bits per heavy atom. The first kappa shape index (κ1) is 10.2. The molecular formula is C14H16O. The minimum Gasteiger partial charge on any atom is -0.294 e. The van der Waals surface area contributed by atoms with E-state index >= 15 is 0 Å². The summed E-state index contributed by atoms with van der Waals surface area (Å²) in [5.41, 5.74) is 3.31. The van der Waals surface area contributed by atoms with Crippen molar-refractivity contribution < 1.29 is 4.79 Å². The van der Waals surface area contributed by atoms with E-state index in [1.54, 1.807) is 0 Å². The molecule has 0 fully saturated rings. The number of carbonyl (C=O) groups is 1. The Morgan fingerprint density at radius 3 is 2.87 bits per heavy atom. The highest BCUT2D eigenvalue weighted by atomic mass is 16.1. The lowest BCUT2D eigenvalue weighted by molar-refractivity contribution is 0.0936. The Hall–Kier alpha value is -1.37. The molecule has 0 aliphatic heterocycles. The van der Waals surface area contributed by atoms with Crippen LogP contribution in [0, 0.1) is 5.92 Å². The van der Waals surface area contributed by atoms with Crippen molar-refractivity contribution in [2.24, 2.45) is 5.92 Å². The van der Waals surface area contributed by atoms with Crippen molar-refractivity contribution in [2.45, 2.75) is 26.2 Å². The lowest BCUT2D eigenvalue weighted by Gasteiger charge is -2.08. The number of benzene rings is 1. The largest absolute Gasteiger partial charge is 0.294 e. The third-order valence-electron chi connectivity index (χ3n) is 3.16. The summed E-state index contributed by atoms with van der Waals surface area (Å²) in [5, 5.41) is 0. The molecule has 0 saturated heterocycles. The lowest BCUT2D eigenvalue weighted by Crippen LogP contribution is -2.09.